The minimum absolute atomic E-state index is 0.631. The molecule has 0 unspecified atom stereocenters. The molecule has 1 aliphatic carbocycles. The number of benzene rings is 2. The van der Waals surface area contributed by atoms with Gasteiger partial charge in [0.2, 0.25) is 0 Å². The first-order valence-electron chi connectivity index (χ1n) is 8.69. The molecule has 23 heavy (non-hydrogen) atoms. The zero-order valence-corrected chi connectivity index (χ0v) is 13.4. The van der Waals surface area contributed by atoms with E-state index in [-0.39, 0.29) is 0 Å². The third kappa shape index (κ3) is 2.97. The first kappa shape index (κ1) is 14.3. The molecular formula is C21H22N2. The van der Waals surface area contributed by atoms with E-state index in [4.69, 9.17) is 0 Å². The van der Waals surface area contributed by atoms with E-state index in [9.17, 15) is 5.26 Å². The van der Waals surface area contributed by atoms with Crippen LogP contribution in [0.1, 0.15) is 54.2 Å². The van der Waals surface area contributed by atoms with E-state index in [1.165, 1.54) is 42.5 Å². The first-order valence-corrected chi connectivity index (χ1v) is 8.69. The molecule has 2 aromatic rings. The minimum Gasteiger partial charge on any atom is -0.371 e. The van der Waals surface area contributed by atoms with Crippen LogP contribution in [0.4, 0.5) is 5.69 Å². The third-order valence-corrected chi connectivity index (χ3v) is 5.30. The Bertz CT molecular complexity index is 717. The van der Waals surface area contributed by atoms with Crippen LogP contribution in [-0.4, -0.2) is 13.1 Å². The molecule has 4 rings (SSSR count). The fourth-order valence-corrected chi connectivity index (χ4v) is 3.78. The highest BCUT2D eigenvalue weighted by atomic mass is 15.1. The fraction of sp³-hybridized carbons (Fsp3) is 0.381. The van der Waals surface area contributed by atoms with Gasteiger partial charge >= 0.3 is 0 Å². The van der Waals surface area contributed by atoms with Crippen molar-refractivity contribution in [2.75, 3.05) is 18.0 Å². The molecule has 1 saturated carbocycles. The van der Waals surface area contributed by atoms with E-state index < -0.39 is 0 Å². The molecule has 0 aromatic heterocycles. The number of piperidine rings is 1. The van der Waals surface area contributed by atoms with Crippen molar-refractivity contribution in [1.29, 1.82) is 5.26 Å². The number of rotatable bonds is 3. The monoisotopic (exact) mass is 302 g/mol. The maximum atomic E-state index is 9.29. The molecule has 2 aliphatic rings. The summed E-state index contributed by atoms with van der Waals surface area (Å²) in [5.41, 5.74) is 4.92. The largest absolute Gasteiger partial charge is 0.371 e. The molecule has 2 nitrogen and oxygen atoms in total. The first-order chi connectivity index (χ1) is 11.3. The Labute approximate surface area is 138 Å². The number of nitriles is 1. The van der Waals surface area contributed by atoms with Gasteiger partial charge in [0.05, 0.1) is 11.6 Å². The summed E-state index contributed by atoms with van der Waals surface area (Å²) in [5, 5.41) is 9.29. The molecule has 0 radical (unpaired) electrons. The van der Waals surface area contributed by atoms with Crippen LogP contribution in [-0.2, 0) is 0 Å². The van der Waals surface area contributed by atoms with Crippen molar-refractivity contribution in [3.63, 3.8) is 0 Å². The highest BCUT2D eigenvalue weighted by Crippen LogP contribution is 2.43. The Morgan fingerprint density at radius 1 is 0.870 bits per heavy atom. The Hall–Kier alpha value is -2.27. The molecule has 1 heterocycles. The van der Waals surface area contributed by atoms with Crippen molar-refractivity contribution in [2.24, 2.45) is 0 Å². The van der Waals surface area contributed by atoms with Gasteiger partial charge < -0.3 is 4.90 Å². The van der Waals surface area contributed by atoms with E-state index in [0.29, 0.717) is 11.8 Å². The zero-order valence-electron chi connectivity index (χ0n) is 13.4. The summed E-state index contributed by atoms with van der Waals surface area (Å²) < 4.78 is 0. The van der Waals surface area contributed by atoms with Gasteiger partial charge in [0, 0.05) is 18.8 Å². The second-order valence-electron chi connectivity index (χ2n) is 6.83. The van der Waals surface area contributed by atoms with Gasteiger partial charge in [-0.05, 0) is 66.8 Å². The molecule has 0 spiro atoms. The maximum absolute atomic E-state index is 9.29. The van der Waals surface area contributed by atoms with Gasteiger partial charge in [-0.15, -0.1) is 0 Å². The lowest BCUT2D eigenvalue weighted by Gasteiger charge is -2.34. The summed E-state index contributed by atoms with van der Waals surface area (Å²) in [7, 11) is 0. The normalized spacial score (nSPS) is 18.7. The van der Waals surface area contributed by atoms with Crippen LogP contribution in [0.15, 0.2) is 48.5 Å². The van der Waals surface area contributed by atoms with Crippen LogP contribution in [0.5, 0.6) is 0 Å². The average molecular weight is 302 g/mol. The van der Waals surface area contributed by atoms with Crippen LogP contribution in [0.2, 0.25) is 0 Å². The van der Waals surface area contributed by atoms with Crippen LogP contribution >= 0.6 is 0 Å². The summed E-state index contributed by atoms with van der Waals surface area (Å²) in [6.07, 6.45) is 4.91. The number of anilines is 1. The summed E-state index contributed by atoms with van der Waals surface area (Å²) in [4.78, 5) is 2.49. The highest BCUT2D eigenvalue weighted by molar-refractivity contribution is 5.56. The van der Waals surface area contributed by atoms with Crippen LogP contribution < -0.4 is 4.90 Å². The summed E-state index contributed by atoms with van der Waals surface area (Å²) in [5.74, 6) is 1.32. The molecular weight excluding hydrogens is 280 g/mol. The minimum atomic E-state index is 0.631. The second-order valence-corrected chi connectivity index (χ2v) is 6.83. The van der Waals surface area contributed by atoms with Gasteiger partial charge in [0.1, 0.15) is 0 Å². The van der Waals surface area contributed by atoms with Crippen molar-refractivity contribution in [3.05, 3.63) is 65.2 Å². The van der Waals surface area contributed by atoms with E-state index >= 15 is 0 Å². The van der Waals surface area contributed by atoms with Crippen molar-refractivity contribution in [2.45, 2.75) is 37.5 Å². The molecule has 0 N–H and O–H groups in total. The molecule has 1 aliphatic heterocycles. The highest BCUT2D eigenvalue weighted by Gasteiger charge is 2.27. The fourth-order valence-electron chi connectivity index (χ4n) is 3.78. The average Bonchev–Trinajstić information content (AvgIpc) is 3.47. The van der Waals surface area contributed by atoms with Crippen molar-refractivity contribution in [3.8, 4) is 6.07 Å². The summed E-state index contributed by atoms with van der Waals surface area (Å²) >= 11 is 0. The molecule has 116 valence electrons. The Morgan fingerprint density at radius 2 is 1.61 bits per heavy atom. The van der Waals surface area contributed by atoms with E-state index in [2.05, 4.69) is 53.4 Å². The van der Waals surface area contributed by atoms with Crippen molar-refractivity contribution in [1.82, 2.24) is 0 Å². The standard InChI is InChI=1S/C21H22N2/c22-15-19-8-9-20(14-21(19)18-6-7-18)23-12-10-17(11-13-23)16-4-2-1-3-5-16/h1-5,8-9,14,17-18H,6-7,10-13H2. The molecule has 0 atom stereocenters. The molecule has 2 aromatic carbocycles. The predicted molar refractivity (Wildman–Crippen MR) is 93.8 cm³/mol. The van der Waals surface area contributed by atoms with Gasteiger partial charge in [-0.1, -0.05) is 30.3 Å². The molecule has 0 amide bonds. The number of hydrogen-bond acceptors (Lipinski definition) is 2. The number of nitrogens with zero attached hydrogens (tertiary/aromatic N) is 2. The quantitative estimate of drug-likeness (QED) is 0.812. The third-order valence-electron chi connectivity index (χ3n) is 5.30. The van der Waals surface area contributed by atoms with Gasteiger partial charge in [-0.3, -0.25) is 0 Å². The Balaban J connectivity index is 1.48. The van der Waals surface area contributed by atoms with E-state index in [1.54, 1.807) is 0 Å². The van der Waals surface area contributed by atoms with E-state index in [1.807, 2.05) is 6.07 Å². The van der Waals surface area contributed by atoms with Gasteiger partial charge in [0.15, 0.2) is 0 Å². The van der Waals surface area contributed by atoms with Crippen molar-refractivity contribution >= 4 is 5.69 Å². The topological polar surface area (TPSA) is 27.0 Å². The lowest BCUT2D eigenvalue weighted by atomic mass is 9.89. The van der Waals surface area contributed by atoms with Crippen molar-refractivity contribution < 1.29 is 0 Å². The summed E-state index contributed by atoms with van der Waals surface area (Å²) in [6.45, 7) is 2.21. The molecule has 0 bridgehead atoms. The smallest absolute Gasteiger partial charge is 0.0994 e. The lowest BCUT2D eigenvalue weighted by Crippen LogP contribution is -2.32. The number of hydrogen-bond donors (Lipinski definition) is 0. The van der Waals surface area contributed by atoms with Gasteiger partial charge in [-0.25, -0.2) is 0 Å². The SMILES string of the molecule is N#Cc1ccc(N2CCC(c3ccccc3)CC2)cc1C1CC1. The Morgan fingerprint density at radius 3 is 2.26 bits per heavy atom. The maximum Gasteiger partial charge on any atom is 0.0994 e. The second kappa shape index (κ2) is 6.08. The molecule has 1 saturated heterocycles. The Kier molecular flexibility index (Phi) is 3.79. The summed E-state index contributed by atoms with van der Waals surface area (Å²) in [6, 6.07) is 19.7. The van der Waals surface area contributed by atoms with E-state index in [0.717, 1.165) is 18.7 Å². The van der Waals surface area contributed by atoms with Gasteiger partial charge in [0.25, 0.3) is 0 Å². The van der Waals surface area contributed by atoms with Crippen LogP contribution in [0, 0.1) is 11.3 Å². The molecule has 2 heteroatoms. The van der Waals surface area contributed by atoms with Gasteiger partial charge in [-0.2, -0.15) is 5.26 Å². The zero-order chi connectivity index (χ0) is 15.6. The molecule has 2 fully saturated rings. The predicted octanol–water partition coefficient (Wildman–Crippen LogP) is 4.82. The van der Waals surface area contributed by atoms with Crippen LogP contribution in [0.3, 0.4) is 0 Å². The van der Waals surface area contributed by atoms with Crippen LogP contribution in [0.25, 0.3) is 0 Å². The lowest BCUT2D eigenvalue weighted by molar-refractivity contribution is 0.505.